The summed E-state index contributed by atoms with van der Waals surface area (Å²) in [5.41, 5.74) is 2.14. The molecule has 148 valence electrons. The van der Waals surface area contributed by atoms with Crippen molar-refractivity contribution >= 4 is 17.9 Å². The molecule has 0 saturated carbocycles. The van der Waals surface area contributed by atoms with Crippen LogP contribution in [-0.2, 0) is 20.9 Å². The van der Waals surface area contributed by atoms with Crippen LogP contribution in [0.15, 0.2) is 24.3 Å². The molecule has 3 amide bonds. The minimum absolute atomic E-state index is 0.0105. The molecule has 1 aliphatic heterocycles. The maximum atomic E-state index is 12.4. The maximum Gasteiger partial charge on any atom is 0.409 e. The standard InChI is InChI=1S/C20H29N3O4/c1-4-27-20(26)22-11-9-18(10-12-22)21-19(25)14-23(16(3)24)13-17-7-5-15(2)6-8-17/h5-8,18H,4,9-14H2,1-3H3,(H,21,25). The van der Waals surface area contributed by atoms with E-state index >= 15 is 0 Å². The fourth-order valence-corrected chi connectivity index (χ4v) is 3.06. The van der Waals surface area contributed by atoms with E-state index in [0.29, 0.717) is 39.1 Å². The molecule has 1 aliphatic rings. The van der Waals surface area contributed by atoms with Gasteiger partial charge in [0.1, 0.15) is 0 Å². The summed E-state index contributed by atoms with van der Waals surface area (Å²) in [6, 6.07) is 7.93. The fraction of sp³-hybridized carbons (Fsp3) is 0.550. The van der Waals surface area contributed by atoms with Crippen molar-refractivity contribution in [2.75, 3.05) is 26.2 Å². The number of carbonyl (C=O) groups excluding carboxylic acids is 3. The lowest BCUT2D eigenvalue weighted by Crippen LogP contribution is -2.49. The molecule has 1 aromatic rings. The molecule has 1 N–H and O–H groups in total. The number of amides is 3. The molecule has 0 aliphatic carbocycles. The Labute approximate surface area is 160 Å². The molecule has 1 fully saturated rings. The molecule has 0 unspecified atom stereocenters. The van der Waals surface area contributed by atoms with Gasteiger partial charge in [-0.25, -0.2) is 4.79 Å². The summed E-state index contributed by atoms with van der Waals surface area (Å²) < 4.78 is 5.00. The number of benzene rings is 1. The second-order valence-corrected chi connectivity index (χ2v) is 6.89. The van der Waals surface area contributed by atoms with Gasteiger partial charge in [-0.2, -0.15) is 0 Å². The first kappa shape index (κ1) is 20.7. The highest BCUT2D eigenvalue weighted by atomic mass is 16.6. The van der Waals surface area contributed by atoms with Crippen LogP contribution in [0, 0.1) is 6.92 Å². The molecule has 1 saturated heterocycles. The van der Waals surface area contributed by atoms with E-state index in [2.05, 4.69) is 5.32 Å². The number of ether oxygens (including phenoxy) is 1. The summed E-state index contributed by atoms with van der Waals surface area (Å²) >= 11 is 0. The van der Waals surface area contributed by atoms with Gasteiger partial charge >= 0.3 is 6.09 Å². The van der Waals surface area contributed by atoms with Crippen molar-refractivity contribution in [3.63, 3.8) is 0 Å². The second-order valence-electron chi connectivity index (χ2n) is 6.89. The minimum Gasteiger partial charge on any atom is -0.450 e. The lowest BCUT2D eigenvalue weighted by atomic mass is 10.1. The third kappa shape index (κ3) is 6.58. The van der Waals surface area contributed by atoms with Crippen molar-refractivity contribution in [3.05, 3.63) is 35.4 Å². The third-order valence-corrected chi connectivity index (χ3v) is 4.66. The van der Waals surface area contributed by atoms with E-state index in [1.807, 2.05) is 31.2 Å². The first-order chi connectivity index (χ1) is 12.9. The van der Waals surface area contributed by atoms with Crippen molar-refractivity contribution in [2.24, 2.45) is 0 Å². The van der Waals surface area contributed by atoms with Crippen LogP contribution in [-0.4, -0.2) is 60.0 Å². The Morgan fingerprint density at radius 2 is 1.81 bits per heavy atom. The zero-order chi connectivity index (χ0) is 19.8. The highest BCUT2D eigenvalue weighted by molar-refractivity contribution is 5.84. The number of nitrogens with zero attached hydrogens (tertiary/aromatic N) is 2. The Bertz CT molecular complexity index is 652. The van der Waals surface area contributed by atoms with Crippen LogP contribution in [0.25, 0.3) is 0 Å². The topological polar surface area (TPSA) is 79.0 Å². The monoisotopic (exact) mass is 375 g/mol. The van der Waals surface area contributed by atoms with Gasteiger partial charge < -0.3 is 19.9 Å². The number of hydrogen-bond acceptors (Lipinski definition) is 4. The number of piperidine rings is 1. The van der Waals surface area contributed by atoms with Crippen molar-refractivity contribution < 1.29 is 19.1 Å². The molecule has 0 spiro atoms. The molecular formula is C20H29N3O4. The average molecular weight is 375 g/mol. The smallest absolute Gasteiger partial charge is 0.409 e. The number of likely N-dealkylation sites (tertiary alicyclic amines) is 1. The zero-order valence-electron chi connectivity index (χ0n) is 16.4. The normalized spacial score (nSPS) is 14.6. The van der Waals surface area contributed by atoms with Gasteiger partial charge in [0.2, 0.25) is 11.8 Å². The summed E-state index contributed by atoms with van der Waals surface area (Å²) in [5, 5.41) is 2.98. The molecule has 1 heterocycles. The van der Waals surface area contributed by atoms with Crippen LogP contribution in [0.5, 0.6) is 0 Å². The summed E-state index contributed by atoms with van der Waals surface area (Å²) in [6.45, 7) is 7.17. The first-order valence-corrected chi connectivity index (χ1v) is 9.41. The highest BCUT2D eigenvalue weighted by Crippen LogP contribution is 2.12. The van der Waals surface area contributed by atoms with E-state index in [9.17, 15) is 14.4 Å². The Balaban J connectivity index is 1.81. The fourth-order valence-electron chi connectivity index (χ4n) is 3.06. The number of carbonyl (C=O) groups is 3. The molecule has 0 bridgehead atoms. The van der Waals surface area contributed by atoms with Gasteiger partial charge in [0.05, 0.1) is 13.2 Å². The lowest BCUT2D eigenvalue weighted by molar-refractivity contribution is -0.135. The third-order valence-electron chi connectivity index (χ3n) is 4.66. The van der Waals surface area contributed by atoms with Gasteiger partial charge in [0.15, 0.2) is 0 Å². The highest BCUT2D eigenvalue weighted by Gasteiger charge is 2.25. The van der Waals surface area contributed by atoms with E-state index in [1.165, 1.54) is 11.8 Å². The Morgan fingerprint density at radius 1 is 1.19 bits per heavy atom. The van der Waals surface area contributed by atoms with E-state index < -0.39 is 0 Å². The number of aryl methyl sites for hydroxylation is 1. The van der Waals surface area contributed by atoms with Crippen molar-refractivity contribution in [1.29, 1.82) is 0 Å². The molecule has 27 heavy (non-hydrogen) atoms. The summed E-state index contributed by atoms with van der Waals surface area (Å²) in [5.74, 6) is -0.310. The Kier molecular flexibility index (Phi) is 7.64. The zero-order valence-corrected chi connectivity index (χ0v) is 16.4. The quantitative estimate of drug-likeness (QED) is 0.826. The van der Waals surface area contributed by atoms with Gasteiger partial charge in [-0.3, -0.25) is 9.59 Å². The molecule has 7 nitrogen and oxygen atoms in total. The van der Waals surface area contributed by atoms with Crippen LogP contribution in [0.3, 0.4) is 0 Å². The van der Waals surface area contributed by atoms with Crippen LogP contribution in [0.1, 0.15) is 37.8 Å². The van der Waals surface area contributed by atoms with Crippen LogP contribution in [0.2, 0.25) is 0 Å². The largest absolute Gasteiger partial charge is 0.450 e. The second kappa shape index (κ2) is 9.94. The van der Waals surface area contributed by atoms with Gasteiger partial charge in [-0.1, -0.05) is 29.8 Å². The summed E-state index contributed by atoms with van der Waals surface area (Å²) in [6.07, 6.45) is 1.06. The van der Waals surface area contributed by atoms with Crippen molar-refractivity contribution in [3.8, 4) is 0 Å². The number of nitrogens with one attached hydrogen (secondary N) is 1. The molecule has 0 atom stereocenters. The molecule has 0 radical (unpaired) electrons. The SMILES string of the molecule is CCOC(=O)N1CCC(NC(=O)CN(Cc2ccc(C)cc2)C(C)=O)CC1. The minimum atomic E-state index is -0.303. The van der Waals surface area contributed by atoms with Crippen molar-refractivity contribution in [2.45, 2.75) is 46.2 Å². The molecule has 2 rings (SSSR count). The molecular weight excluding hydrogens is 346 g/mol. The van der Waals surface area contributed by atoms with Crippen LogP contribution >= 0.6 is 0 Å². The van der Waals surface area contributed by atoms with E-state index in [-0.39, 0.29) is 30.5 Å². The summed E-state index contributed by atoms with van der Waals surface area (Å²) in [7, 11) is 0. The Hall–Kier alpha value is -2.57. The van der Waals surface area contributed by atoms with Gasteiger partial charge in [-0.05, 0) is 32.3 Å². The molecule has 0 aromatic heterocycles. The molecule has 1 aromatic carbocycles. The predicted molar refractivity (Wildman–Crippen MR) is 102 cm³/mol. The van der Waals surface area contributed by atoms with Gasteiger partial charge in [0.25, 0.3) is 0 Å². The first-order valence-electron chi connectivity index (χ1n) is 9.41. The van der Waals surface area contributed by atoms with E-state index in [4.69, 9.17) is 4.74 Å². The maximum absolute atomic E-state index is 12.4. The average Bonchev–Trinajstić information content (AvgIpc) is 2.63. The van der Waals surface area contributed by atoms with E-state index in [0.717, 1.165) is 11.1 Å². The van der Waals surface area contributed by atoms with E-state index in [1.54, 1.807) is 11.8 Å². The number of rotatable bonds is 6. The van der Waals surface area contributed by atoms with Crippen LogP contribution < -0.4 is 5.32 Å². The lowest BCUT2D eigenvalue weighted by Gasteiger charge is -2.32. The van der Waals surface area contributed by atoms with Gasteiger partial charge in [-0.15, -0.1) is 0 Å². The van der Waals surface area contributed by atoms with Crippen LogP contribution in [0.4, 0.5) is 4.79 Å². The van der Waals surface area contributed by atoms with Crippen molar-refractivity contribution in [1.82, 2.24) is 15.1 Å². The predicted octanol–water partition coefficient (Wildman–Crippen LogP) is 2.08. The number of hydrogen-bond donors (Lipinski definition) is 1. The molecule has 7 heteroatoms. The van der Waals surface area contributed by atoms with Gasteiger partial charge in [0, 0.05) is 32.6 Å². The Morgan fingerprint density at radius 3 is 2.37 bits per heavy atom. The summed E-state index contributed by atoms with van der Waals surface area (Å²) in [4.78, 5) is 39.2.